The molecule has 2 bridgehead atoms. The predicted molar refractivity (Wildman–Crippen MR) is 107 cm³/mol. The van der Waals surface area contributed by atoms with Crippen LogP contribution in [0.4, 0.5) is 0 Å². The molecule has 2 heterocycles. The first kappa shape index (κ1) is 19.4. The van der Waals surface area contributed by atoms with Crippen LogP contribution in [0.3, 0.4) is 0 Å². The van der Waals surface area contributed by atoms with Crippen LogP contribution in [-0.4, -0.2) is 54.0 Å². The number of nitrogens with one attached hydrogen (secondary N) is 1. The van der Waals surface area contributed by atoms with Crippen LogP contribution in [0.5, 0.6) is 0 Å². The molecule has 1 aromatic rings. The fourth-order valence-corrected chi connectivity index (χ4v) is 4.62. The van der Waals surface area contributed by atoms with Gasteiger partial charge in [-0.1, -0.05) is 44.2 Å². The van der Waals surface area contributed by atoms with Crippen molar-refractivity contribution in [2.45, 2.75) is 64.6 Å². The third-order valence-corrected chi connectivity index (χ3v) is 6.18. The molecule has 1 N–H and O–H groups in total. The van der Waals surface area contributed by atoms with Gasteiger partial charge < -0.3 is 15.1 Å². The van der Waals surface area contributed by atoms with Gasteiger partial charge >= 0.3 is 0 Å². The van der Waals surface area contributed by atoms with E-state index < -0.39 is 0 Å². The maximum atomic E-state index is 13.1. The van der Waals surface area contributed by atoms with Gasteiger partial charge in [-0.15, -0.1) is 0 Å². The van der Waals surface area contributed by atoms with Gasteiger partial charge in [-0.05, 0) is 50.3 Å². The SMILES string of the molecule is CCN(CC)CCN(Cc1ccccc1)C(=O)CC1CC2CCC(C1)N2. The summed E-state index contributed by atoms with van der Waals surface area (Å²) in [7, 11) is 0. The number of fused-ring (bicyclic) bond motifs is 2. The van der Waals surface area contributed by atoms with Crippen molar-refractivity contribution >= 4 is 5.91 Å². The van der Waals surface area contributed by atoms with Gasteiger partial charge in [0.15, 0.2) is 0 Å². The highest BCUT2D eigenvalue weighted by molar-refractivity contribution is 5.76. The summed E-state index contributed by atoms with van der Waals surface area (Å²) < 4.78 is 0. The lowest BCUT2D eigenvalue weighted by Crippen LogP contribution is -2.42. The van der Waals surface area contributed by atoms with Gasteiger partial charge in [-0.3, -0.25) is 4.79 Å². The van der Waals surface area contributed by atoms with Crippen molar-refractivity contribution in [1.29, 1.82) is 0 Å². The van der Waals surface area contributed by atoms with Crippen LogP contribution in [0.25, 0.3) is 0 Å². The summed E-state index contributed by atoms with van der Waals surface area (Å²) in [6.07, 6.45) is 5.67. The molecule has 2 aliphatic heterocycles. The number of likely N-dealkylation sites (N-methyl/N-ethyl adjacent to an activating group) is 1. The minimum absolute atomic E-state index is 0.340. The number of rotatable bonds is 9. The monoisotopic (exact) mass is 357 g/mol. The maximum Gasteiger partial charge on any atom is 0.223 e. The number of carbonyl (C=O) groups is 1. The number of hydrogen-bond donors (Lipinski definition) is 1. The van der Waals surface area contributed by atoms with Crippen LogP contribution in [0.15, 0.2) is 30.3 Å². The van der Waals surface area contributed by atoms with Crippen molar-refractivity contribution in [2.75, 3.05) is 26.2 Å². The molecule has 4 nitrogen and oxygen atoms in total. The van der Waals surface area contributed by atoms with Crippen LogP contribution in [-0.2, 0) is 11.3 Å². The van der Waals surface area contributed by atoms with Crippen LogP contribution < -0.4 is 5.32 Å². The van der Waals surface area contributed by atoms with E-state index >= 15 is 0 Å². The van der Waals surface area contributed by atoms with Gasteiger partial charge in [0, 0.05) is 38.1 Å². The first-order chi connectivity index (χ1) is 12.7. The fourth-order valence-electron chi connectivity index (χ4n) is 4.62. The fraction of sp³-hybridized carbons (Fsp3) is 0.682. The van der Waals surface area contributed by atoms with E-state index in [4.69, 9.17) is 0 Å². The summed E-state index contributed by atoms with van der Waals surface area (Å²) in [6, 6.07) is 11.7. The molecule has 4 heteroatoms. The second kappa shape index (κ2) is 9.52. The number of amides is 1. The van der Waals surface area contributed by atoms with Crippen LogP contribution in [0.2, 0.25) is 0 Å². The Balaban J connectivity index is 1.60. The summed E-state index contributed by atoms with van der Waals surface area (Å²) >= 11 is 0. The molecule has 0 spiro atoms. The molecule has 1 amide bonds. The van der Waals surface area contributed by atoms with Crippen molar-refractivity contribution in [1.82, 2.24) is 15.1 Å². The van der Waals surface area contributed by atoms with E-state index in [0.29, 0.717) is 23.9 Å². The Hall–Kier alpha value is -1.39. The van der Waals surface area contributed by atoms with Crippen LogP contribution in [0, 0.1) is 5.92 Å². The Kier molecular flexibility index (Phi) is 7.09. The third kappa shape index (κ3) is 5.31. The molecule has 0 saturated carbocycles. The Morgan fingerprint density at radius 1 is 1.04 bits per heavy atom. The van der Waals surface area contributed by atoms with E-state index in [1.54, 1.807) is 0 Å². The van der Waals surface area contributed by atoms with E-state index in [-0.39, 0.29) is 0 Å². The lowest BCUT2D eigenvalue weighted by atomic mass is 9.89. The molecule has 0 aromatic heterocycles. The number of hydrogen-bond acceptors (Lipinski definition) is 3. The first-order valence-electron chi connectivity index (χ1n) is 10.5. The number of benzene rings is 1. The Morgan fingerprint density at radius 3 is 2.31 bits per heavy atom. The van der Waals surface area contributed by atoms with Crippen LogP contribution >= 0.6 is 0 Å². The normalized spacial score (nSPS) is 24.8. The molecular weight excluding hydrogens is 322 g/mol. The quantitative estimate of drug-likeness (QED) is 0.737. The molecule has 0 aliphatic carbocycles. The Labute approximate surface area is 158 Å². The number of nitrogens with zero attached hydrogens (tertiary/aromatic N) is 2. The standard InChI is InChI=1S/C22H35N3O/c1-3-24(4-2)12-13-25(17-18-8-6-5-7-9-18)22(26)16-19-14-20-10-11-21(15-19)23-20/h5-9,19-21,23H,3-4,10-17H2,1-2H3. The minimum Gasteiger partial charge on any atom is -0.337 e. The molecule has 3 rings (SSSR count). The zero-order valence-corrected chi connectivity index (χ0v) is 16.5. The predicted octanol–water partition coefficient (Wildman–Crippen LogP) is 3.28. The number of piperidine rings is 1. The smallest absolute Gasteiger partial charge is 0.223 e. The maximum absolute atomic E-state index is 13.1. The van der Waals surface area contributed by atoms with Crippen LogP contribution in [0.1, 0.15) is 51.5 Å². The largest absolute Gasteiger partial charge is 0.337 e. The van der Waals surface area contributed by atoms with Gasteiger partial charge in [0.05, 0.1) is 0 Å². The summed E-state index contributed by atoms with van der Waals surface area (Å²) in [4.78, 5) is 17.6. The van der Waals surface area contributed by atoms with E-state index in [9.17, 15) is 4.79 Å². The van der Waals surface area contributed by atoms with E-state index in [1.165, 1.54) is 31.2 Å². The highest BCUT2D eigenvalue weighted by Crippen LogP contribution is 2.33. The van der Waals surface area contributed by atoms with Gasteiger partial charge in [0.25, 0.3) is 0 Å². The topological polar surface area (TPSA) is 35.6 Å². The minimum atomic E-state index is 0.340. The number of carbonyl (C=O) groups excluding carboxylic acids is 1. The summed E-state index contributed by atoms with van der Waals surface area (Å²) in [6.45, 7) is 8.99. The van der Waals surface area contributed by atoms with Gasteiger partial charge in [0.1, 0.15) is 0 Å². The molecule has 2 aliphatic rings. The summed E-state index contributed by atoms with van der Waals surface area (Å²) in [5.74, 6) is 0.903. The Bertz CT molecular complexity index is 546. The lowest BCUT2D eigenvalue weighted by molar-refractivity contribution is -0.133. The average molecular weight is 358 g/mol. The molecule has 2 saturated heterocycles. The highest BCUT2D eigenvalue weighted by Gasteiger charge is 2.34. The molecule has 2 fully saturated rings. The molecule has 144 valence electrons. The van der Waals surface area contributed by atoms with Gasteiger partial charge in [-0.2, -0.15) is 0 Å². The summed E-state index contributed by atoms with van der Waals surface area (Å²) in [5, 5.41) is 3.69. The molecule has 0 radical (unpaired) electrons. The van der Waals surface area contributed by atoms with E-state index in [0.717, 1.165) is 39.1 Å². The second-order valence-electron chi connectivity index (χ2n) is 8.01. The van der Waals surface area contributed by atoms with Gasteiger partial charge in [0.2, 0.25) is 5.91 Å². The Morgan fingerprint density at radius 2 is 1.69 bits per heavy atom. The molecule has 2 atom stereocenters. The zero-order chi connectivity index (χ0) is 18.4. The van der Waals surface area contributed by atoms with E-state index in [2.05, 4.69) is 53.2 Å². The van der Waals surface area contributed by atoms with Crippen molar-refractivity contribution in [3.63, 3.8) is 0 Å². The molecule has 26 heavy (non-hydrogen) atoms. The van der Waals surface area contributed by atoms with Crippen molar-refractivity contribution in [2.24, 2.45) is 5.92 Å². The van der Waals surface area contributed by atoms with Crippen molar-refractivity contribution in [3.05, 3.63) is 35.9 Å². The van der Waals surface area contributed by atoms with Gasteiger partial charge in [-0.25, -0.2) is 0 Å². The lowest BCUT2D eigenvalue weighted by Gasteiger charge is -2.32. The molecule has 1 aromatic carbocycles. The molecule has 2 unspecified atom stereocenters. The van der Waals surface area contributed by atoms with Crippen molar-refractivity contribution in [3.8, 4) is 0 Å². The molecular formula is C22H35N3O. The van der Waals surface area contributed by atoms with E-state index in [1.807, 2.05) is 6.07 Å². The highest BCUT2D eigenvalue weighted by atomic mass is 16.2. The summed E-state index contributed by atoms with van der Waals surface area (Å²) in [5.41, 5.74) is 1.23. The second-order valence-corrected chi connectivity index (χ2v) is 8.01. The average Bonchev–Trinajstić information content (AvgIpc) is 3.00. The third-order valence-electron chi connectivity index (χ3n) is 6.18. The first-order valence-corrected chi connectivity index (χ1v) is 10.5. The zero-order valence-electron chi connectivity index (χ0n) is 16.5. The van der Waals surface area contributed by atoms with Crippen molar-refractivity contribution < 1.29 is 4.79 Å².